The molecule has 0 saturated carbocycles. The average molecular weight is 345 g/mol. The molecule has 0 aliphatic rings. The number of H-pyrrole nitrogens is 1. The van der Waals surface area contributed by atoms with Crippen LogP contribution in [0.15, 0.2) is 23.4 Å². The van der Waals surface area contributed by atoms with Crippen LogP contribution in [0.25, 0.3) is 0 Å². The molecule has 2 N–H and O–H groups in total. The van der Waals surface area contributed by atoms with Crippen LogP contribution in [0.4, 0.5) is 5.69 Å². The number of carbonyl (C=O) groups excluding carboxylic acids is 1. The molecule has 1 amide bonds. The van der Waals surface area contributed by atoms with E-state index in [-0.39, 0.29) is 11.2 Å². The minimum Gasteiger partial charge on any atom is -0.324 e. The van der Waals surface area contributed by atoms with Gasteiger partial charge < -0.3 is 5.32 Å². The van der Waals surface area contributed by atoms with Gasteiger partial charge in [0.2, 0.25) is 11.1 Å². The molecular formula is C13H14Cl2N4OS. The minimum atomic E-state index is -0.361. The van der Waals surface area contributed by atoms with Gasteiger partial charge in [-0.3, -0.25) is 9.89 Å². The Balaban J connectivity index is 2.00. The molecular weight excluding hydrogens is 331 g/mol. The topological polar surface area (TPSA) is 70.7 Å². The van der Waals surface area contributed by atoms with Gasteiger partial charge in [0.1, 0.15) is 5.82 Å². The van der Waals surface area contributed by atoms with E-state index in [1.807, 2.05) is 6.92 Å². The van der Waals surface area contributed by atoms with Gasteiger partial charge in [0.25, 0.3) is 0 Å². The van der Waals surface area contributed by atoms with Crippen LogP contribution in [0, 0.1) is 0 Å². The number of aromatic nitrogens is 3. The maximum Gasteiger partial charge on any atom is 0.237 e. The highest BCUT2D eigenvalue weighted by atomic mass is 35.5. The van der Waals surface area contributed by atoms with Gasteiger partial charge in [-0.15, -0.1) is 5.10 Å². The summed E-state index contributed by atoms with van der Waals surface area (Å²) in [6.07, 6.45) is 0.770. The summed E-state index contributed by atoms with van der Waals surface area (Å²) in [6.45, 7) is 3.76. The summed E-state index contributed by atoms with van der Waals surface area (Å²) in [5, 5.41) is 10.8. The molecule has 0 saturated heterocycles. The number of hydrogen-bond donors (Lipinski definition) is 2. The van der Waals surface area contributed by atoms with Gasteiger partial charge in [0.15, 0.2) is 0 Å². The lowest BCUT2D eigenvalue weighted by atomic mass is 10.3. The molecule has 2 rings (SSSR count). The highest BCUT2D eigenvalue weighted by Gasteiger charge is 2.18. The van der Waals surface area contributed by atoms with Crippen LogP contribution < -0.4 is 5.32 Å². The third-order valence-electron chi connectivity index (χ3n) is 2.68. The largest absolute Gasteiger partial charge is 0.324 e. The zero-order chi connectivity index (χ0) is 15.4. The number of aryl methyl sites for hydroxylation is 1. The van der Waals surface area contributed by atoms with Crippen molar-refractivity contribution in [2.24, 2.45) is 0 Å². The molecule has 0 fully saturated rings. The molecule has 0 bridgehead atoms. The van der Waals surface area contributed by atoms with Gasteiger partial charge in [0.05, 0.1) is 16.0 Å². The van der Waals surface area contributed by atoms with Crippen LogP contribution in [0.2, 0.25) is 10.0 Å². The first-order valence-corrected chi connectivity index (χ1v) is 7.97. The van der Waals surface area contributed by atoms with E-state index in [1.54, 1.807) is 25.1 Å². The molecule has 112 valence electrons. The Kier molecular flexibility index (Phi) is 5.50. The third kappa shape index (κ3) is 4.36. The van der Waals surface area contributed by atoms with Crippen LogP contribution in [0.5, 0.6) is 0 Å². The first-order valence-electron chi connectivity index (χ1n) is 6.33. The van der Waals surface area contributed by atoms with E-state index in [4.69, 9.17) is 23.2 Å². The predicted octanol–water partition coefficient (Wildman–Crippen LogP) is 3.79. The number of anilines is 1. The SMILES string of the molecule is CCc1nc(SC(C)C(=O)Nc2cc(Cl)ccc2Cl)n[nH]1. The highest BCUT2D eigenvalue weighted by molar-refractivity contribution is 8.00. The summed E-state index contributed by atoms with van der Waals surface area (Å²) in [6, 6.07) is 4.92. The summed E-state index contributed by atoms with van der Waals surface area (Å²) in [5.74, 6) is 0.606. The molecule has 1 aromatic carbocycles. The summed E-state index contributed by atoms with van der Waals surface area (Å²) >= 11 is 13.2. The number of thioether (sulfide) groups is 1. The standard InChI is InChI=1S/C13H14Cl2N4OS/c1-3-11-17-13(19-18-11)21-7(2)12(20)16-10-6-8(14)4-5-9(10)15/h4-7H,3H2,1-2H3,(H,16,20)(H,17,18,19). The number of carbonyl (C=O) groups is 1. The van der Waals surface area contributed by atoms with E-state index in [0.717, 1.165) is 12.2 Å². The molecule has 8 heteroatoms. The molecule has 0 spiro atoms. The second-order valence-electron chi connectivity index (χ2n) is 4.29. The van der Waals surface area contributed by atoms with Crippen molar-refractivity contribution in [3.8, 4) is 0 Å². The van der Waals surface area contributed by atoms with Crippen molar-refractivity contribution < 1.29 is 4.79 Å². The van der Waals surface area contributed by atoms with E-state index in [1.165, 1.54) is 11.8 Å². The number of nitrogens with zero attached hydrogens (tertiary/aromatic N) is 2. The fourth-order valence-electron chi connectivity index (χ4n) is 1.53. The third-order valence-corrected chi connectivity index (χ3v) is 4.21. The lowest BCUT2D eigenvalue weighted by Crippen LogP contribution is -2.22. The molecule has 1 heterocycles. The number of nitrogens with one attached hydrogen (secondary N) is 2. The lowest BCUT2D eigenvalue weighted by molar-refractivity contribution is -0.115. The van der Waals surface area contributed by atoms with Crippen LogP contribution in [0.3, 0.4) is 0 Å². The van der Waals surface area contributed by atoms with Crippen molar-refractivity contribution in [2.75, 3.05) is 5.32 Å². The Morgan fingerprint density at radius 1 is 1.48 bits per heavy atom. The highest BCUT2D eigenvalue weighted by Crippen LogP contribution is 2.27. The summed E-state index contributed by atoms with van der Waals surface area (Å²) in [4.78, 5) is 16.4. The average Bonchev–Trinajstić information content (AvgIpc) is 2.90. The van der Waals surface area contributed by atoms with Gasteiger partial charge in [-0.25, -0.2) is 4.98 Å². The Morgan fingerprint density at radius 2 is 2.24 bits per heavy atom. The smallest absolute Gasteiger partial charge is 0.237 e. The molecule has 0 aliphatic carbocycles. The molecule has 1 atom stereocenters. The molecule has 0 aliphatic heterocycles. The second-order valence-corrected chi connectivity index (χ2v) is 6.44. The maximum absolute atomic E-state index is 12.2. The fourth-order valence-corrected chi connectivity index (χ4v) is 2.61. The Morgan fingerprint density at radius 3 is 2.90 bits per heavy atom. The monoisotopic (exact) mass is 344 g/mol. The molecule has 2 aromatic rings. The maximum atomic E-state index is 12.2. The van der Waals surface area contributed by atoms with Gasteiger partial charge in [-0.1, -0.05) is 41.9 Å². The minimum absolute atomic E-state index is 0.188. The quantitative estimate of drug-likeness (QED) is 0.809. The van der Waals surface area contributed by atoms with Crippen LogP contribution in [-0.4, -0.2) is 26.3 Å². The molecule has 0 radical (unpaired) electrons. The fraction of sp³-hybridized carbons (Fsp3) is 0.308. The number of amides is 1. The Hall–Kier alpha value is -1.24. The first kappa shape index (κ1) is 16.1. The van der Waals surface area contributed by atoms with Crippen molar-refractivity contribution in [1.82, 2.24) is 15.2 Å². The normalized spacial score (nSPS) is 12.2. The van der Waals surface area contributed by atoms with Crippen molar-refractivity contribution in [3.63, 3.8) is 0 Å². The number of benzene rings is 1. The van der Waals surface area contributed by atoms with Gasteiger partial charge in [0, 0.05) is 11.4 Å². The van der Waals surface area contributed by atoms with Crippen LogP contribution in [-0.2, 0) is 11.2 Å². The van der Waals surface area contributed by atoms with E-state index >= 15 is 0 Å². The molecule has 5 nitrogen and oxygen atoms in total. The van der Waals surface area contributed by atoms with Crippen LogP contribution >= 0.6 is 35.0 Å². The van der Waals surface area contributed by atoms with E-state index in [2.05, 4.69) is 20.5 Å². The Labute approximate surface area is 136 Å². The number of rotatable bonds is 5. The lowest BCUT2D eigenvalue weighted by Gasteiger charge is -2.11. The summed E-state index contributed by atoms with van der Waals surface area (Å²) < 4.78 is 0. The van der Waals surface area contributed by atoms with Crippen molar-refractivity contribution in [3.05, 3.63) is 34.1 Å². The molecule has 1 unspecified atom stereocenters. The molecule has 1 aromatic heterocycles. The van der Waals surface area contributed by atoms with Crippen molar-refractivity contribution >= 4 is 46.6 Å². The summed E-state index contributed by atoms with van der Waals surface area (Å²) in [7, 11) is 0. The predicted molar refractivity (Wildman–Crippen MR) is 86.2 cm³/mol. The zero-order valence-corrected chi connectivity index (χ0v) is 13.8. The summed E-state index contributed by atoms with van der Waals surface area (Å²) in [5.41, 5.74) is 0.492. The van der Waals surface area contributed by atoms with E-state index in [9.17, 15) is 4.79 Å². The van der Waals surface area contributed by atoms with Gasteiger partial charge in [-0.2, -0.15) is 0 Å². The van der Waals surface area contributed by atoms with Gasteiger partial charge >= 0.3 is 0 Å². The number of aromatic amines is 1. The van der Waals surface area contributed by atoms with Crippen LogP contribution in [0.1, 0.15) is 19.7 Å². The van der Waals surface area contributed by atoms with Gasteiger partial charge in [-0.05, 0) is 25.1 Å². The van der Waals surface area contributed by atoms with Crippen molar-refractivity contribution in [1.29, 1.82) is 0 Å². The number of halogens is 2. The zero-order valence-electron chi connectivity index (χ0n) is 11.5. The second kappa shape index (κ2) is 7.15. The van der Waals surface area contributed by atoms with E-state index < -0.39 is 0 Å². The van der Waals surface area contributed by atoms with Crippen molar-refractivity contribution in [2.45, 2.75) is 30.7 Å². The first-order chi connectivity index (χ1) is 9.99. The number of hydrogen-bond acceptors (Lipinski definition) is 4. The van der Waals surface area contributed by atoms with E-state index in [0.29, 0.717) is 20.9 Å². The Bertz CT molecular complexity index is 647. The molecule has 21 heavy (non-hydrogen) atoms.